The molecule has 1 heterocycles. The van der Waals surface area contributed by atoms with Crippen molar-refractivity contribution >= 4 is 5.91 Å². The van der Waals surface area contributed by atoms with Crippen molar-refractivity contribution in [1.29, 1.82) is 0 Å². The summed E-state index contributed by atoms with van der Waals surface area (Å²) in [6, 6.07) is 1.20. The predicted molar refractivity (Wildman–Crippen MR) is 49.4 cm³/mol. The third kappa shape index (κ3) is 3.01. The molecule has 0 fully saturated rings. The molecule has 1 rings (SSSR count). The Kier molecular flexibility index (Phi) is 2.69. The maximum absolute atomic E-state index is 11.4. The first-order valence-corrected chi connectivity index (χ1v) is 4.21. The largest absolute Gasteiger partial charge is 0.345 e. The van der Waals surface area contributed by atoms with Crippen LogP contribution in [0, 0.1) is 0 Å². The van der Waals surface area contributed by atoms with Crippen molar-refractivity contribution in [3.8, 4) is 5.88 Å². The van der Waals surface area contributed by atoms with Crippen LogP contribution in [-0.4, -0.2) is 21.4 Å². The van der Waals surface area contributed by atoms with Gasteiger partial charge in [-0.3, -0.25) is 9.90 Å². The van der Waals surface area contributed by atoms with E-state index < -0.39 is 11.8 Å². The number of carbonyl (C=O) groups excluding carboxylic acids is 1. The summed E-state index contributed by atoms with van der Waals surface area (Å²) >= 11 is 0. The van der Waals surface area contributed by atoms with Gasteiger partial charge in [-0.05, 0) is 20.8 Å². The van der Waals surface area contributed by atoms with Crippen LogP contribution in [0.2, 0.25) is 0 Å². The van der Waals surface area contributed by atoms with Crippen molar-refractivity contribution in [2.45, 2.75) is 26.3 Å². The van der Waals surface area contributed by atoms with Crippen molar-refractivity contribution in [2.24, 2.45) is 0 Å². The summed E-state index contributed by atoms with van der Waals surface area (Å²) in [6.07, 6.45) is 1.27. The first kappa shape index (κ1) is 10.4. The Morgan fingerprint density at radius 1 is 1.43 bits per heavy atom. The van der Waals surface area contributed by atoms with E-state index in [1.807, 2.05) is 20.8 Å². The van der Waals surface area contributed by atoms with E-state index in [1.54, 1.807) is 0 Å². The normalized spacial score (nSPS) is 11.1. The second kappa shape index (κ2) is 3.61. The molecule has 0 aliphatic heterocycles. The summed E-state index contributed by atoms with van der Waals surface area (Å²) in [4.78, 5) is 18.6. The van der Waals surface area contributed by atoms with E-state index in [9.17, 15) is 9.90 Å². The Bertz CT molecular complexity index is 344. The molecule has 0 atom stereocenters. The van der Waals surface area contributed by atoms with Crippen LogP contribution in [0.5, 0.6) is 5.88 Å². The molecule has 0 aliphatic carbocycles. The van der Waals surface area contributed by atoms with Crippen LogP contribution >= 0.6 is 0 Å². The Labute approximate surface area is 82.2 Å². The van der Waals surface area contributed by atoms with Crippen molar-refractivity contribution in [3.05, 3.63) is 18.1 Å². The Balaban J connectivity index is 2.80. The topological polar surface area (TPSA) is 74.8 Å². The Hall–Kier alpha value is -1.65. The maximum Gasteiger partial charge on any atom is 0.289 e. The van der Waals surface area contributed by atoms with Gasteiger partial charge in [-0.15, -0.1) is 0 Å². The average Bonchev–Trinajstić information content (AvgIpc) is 2.01. The minimum absolute atomic E-state index is 0.0903. The number of hydrogen-bond acceptors (Lipinski definition) is 3. The third-order valence-electron chi connectivity index (χ3n) is 1.32. The van der Waals surface area contributed by atoms with Gasteiger partial charge in [0.1, 0.15) is 0 Å². The van der Waals surface area contributed by atoms with Crippen LogP contribution < -0.4 is 5.32 Å². The fourth-order valence-corrected chi connectivity index (χ4v) is 0.848. The first-order valence-electron chi connectivity index (χ1n) is 4.21. The molecule has 0 aliphatic rings. The molecule has 1 amide bonds. The van der Waals surface area contributed by atoms with E-state index in [4.69, 9.17) is 0 Å². The molecule has 0 spiro atoms. The minimum atomic E-state index is -0.459. The summed E-state index contributed by atoms with van der Waals surface area (Å²) in [5, 5.41) is 13.5. The van der Waals surface area contributed by atoms with E-state index >= 15 is 0 Å². The molecule has 14 heavy (non-hydrogen) atoms. The van der Waals surface area contributed by atoms with E-state index in [2.05, 4.69) is 15.3 Å². The number of aromatic nitrogens is 2. The second-order valence-electron chi connectivity index (χ2n) is 3.92. The first-order chi connectivity index (χ1) is 6.38. The Morgan fingerprint density at radius 2 is 2.07 bits per heavy atom. The molecule has 0 bridgehead atoms. The van der Waals surface area contributed by atoms with Crippen molar-refractivity contribution in [2.75, 3.05) is 0 Å². The quantitative estimate of drug-likeness (QED) is 0.728. The summed E-state index contributed by atoms with van der Waals surface area (Å²) in [7, 11) is 0. The van der Waals surface area contributed by atoms with Crippen molar-refractivity contribution < 1.29 is 9.90 Å². The van der Waals surface area contributed by atoms with Gasteiger partial charge in [0.05, 0.1) is 0 Å². The number of nitrogens with one attached hydrogen (secondary N) is 1. The van der Waals surface area contributed by atoms with Gasteiger partial charge in [0.2, 0.25) is 5.82 Å². The number of carbonyl (C=O) groups is 1. The lowest BCUT2D eigenvalue weighted by molar-refractivity contribution is 0.0907. The third-order valence-corrected chi connectivity index (χ3v) is 1.32. The molecule has 0 aromatic carbocycles. The van der Waals surface area contributed by atoms with Crippen LogP contribution in [0.15, 0.2) is 12.3 Å². The minimum Gasteiger partial charge on any atom is -0.345 e. The van der Waals surface area contributed by atoms with Gasteiger partial charge in [-0.25, -0.2) is 4.98 Å². The molecule has 0 unspecified atom stereocenters. The van der Waals surface area contributed by atoms with Crippen LogP contribution in [0.4, 0.5) is 0 Å². The van der Waals surface area contributed by atoms with E-state index in [1.165, 1.54) is 12.3 Å². The lowest BCUT2D eigenvalue weighted by Gasteiger charge is -2.19. The van der Waals surface area contributed by atoms with E-state index in [-0.39, 0.29) is 11.4 Å². The van der Waals surface area contributed by atoms with Crippen molar-refractivity contribution in [3.63, 3.8) is 0 Å². The molecule has 1 radical (unpaired) electrons. The standard InChI is InChI=1S/C9H12N3O2/c1-9(2,3)12-8(14)7-10-5-4-6(13)11-7/h4-5H,1-3H3,(H,12,14). The summed E-state index contributed by atoms with van der Waals surface area (Å²) in [6.45, 7) is 5.52. The van der Waals surface area contributed by atoms with Gasteiger partial charge in [-0.2, -0.15) is 4.98 Å². The molecule has 5 nitrogen and oxygen atoms in total. The molecular weight excluding hydrogens is 182 g/mol. The highest BCUT2D eigenvalue weighted by atomic mass is 16.3. The molecule has 1 aromatic rings. The second-order valence-corrected chi connectivity index (χ2v) is 3.92. The molecule has 1 aromatic heterocycles. The number of hydrogen-bond donors (Lipinski definition) is 1. The average molecular weight is 194 g/mol. The molecule has 75 valence electrons. The lowest BCUT2D eigenvalue weighted by atomic mass is 10.1. The predicted octanol–water partition coefficient (Wildman–Crippen LogP) is 1.15. The van der Waals surface area contributed by atoms with Crippen molar-refractivity contribution in [1.82, 2.24) is 15.3 Å². The van der Waals surface area contributed by atoms with Crippen LogP contribution in [-0.2, 0) is 5.11 Å². The molecular formula is C9H12N3O2. The Morgan fingerprint density at radius 3 is 2.57 bits per heavy atom. The summed E-state index contributed by atoms with van der Waals surface area (Å²) in [5.74, 6) is -0.985. The monoisotopic (exact) mass is 194 g/mol. The maximum atomic E-state index is 11.4. The van der Waals surface area contributed by atoms with E-state index in [0.717, 1.165) is 0 Å². The molecule has 1 N–H and O–H groups in total. The number of rotatable bonds is 1. The zero-order chi connectivity index (χ0) is 10.8. The van der Waals surface area contributed by atoms with Crippen LogP contribution in [0.3, 0.4) is 0 Å². The fourth-order valence-electron chi connectivity index (χ4n) is 0.848. The van der Waals surface area contributed by atoms with E-state index in [0.29, 0.717) is 0 Å². The van der Waals surface area contributed by atoms with Gasteiger partial charge in [0.25, 0.3) is 11.8 Å². The molecule has 0 saturated heterocycles. The van der Waals surface area contributed by atoms with Crippen LogP contribution in [0.25, 0.3) is 0 Å². The van der Waals surface area contributed by atoms with Crippen LogP contribution in [0.1, 0.15) is 31.4 Å². The zero-order valence-corrected chi connectivity index (χ0v) is 8.37. The highest BCUT2D eigenvalue weighted by molar-refractivity contribution is 5.90. The molecule has 5 heteroatoms. The van der Waals surface area contributed by atoms with Gasteiger partial charge in [-0.1, -0.05) is 0 Å². The number of amides is 1. The zero-order valence-electron chi connectivity index (χ0n) is 8.37. The summed E-state index contributed by atoms with van der Waals surface area (Å²) in [5.41, 5.74) is -0.362. The van der Waals surface area contributed by atoms with Gasteiger partial charge >= 0.3 is 0 Å². The fraction of sp³-hybridized carbons (Fsp3) is 0.444. The smallest absolute Gasteiger partial charge is 0.289 e. The SMILES string of the molecule is CC(C)(C)NC(=O)c1nccc([O])n1. The highest BCUT2D eigenvalue weighted by Crippen LogP contribution is 2.04. The lowest BCUT2D eigenvalue weighted by Crippen LogP contribution is -2.41. The van der Waals surface area contributed by atoms with Gasteiger partial charge < -0.3 is 5.32 Å². The highest BCUT2D eigenvalue weighted by Gasteiger charge is 2.17. The number of nitrogens with zero attached hydrogens (tertiary/aromatic N) is 2. The van der Waals surface area contributed by atoms with Gasteiger partial charge in [0.15, 0.2) is 0 Å². The summed E-state index contributed by atoms with van der Waals surface area (Å²) < 4.78 is 0. The molecule has 0 saturated carbocycles. The van der Waals surface area contributed by atoms with Gasteiger partial charge in [0, 0.05) is 17.8 Å².